The first kappa shape index (κ1) is 25.2. The van der Waals surface area contributed by atoms with Gasteiger partial charge in [0, 0.05) is 36.4 Å². The summed E-state index contributed by atoms with van der Waals surface area (Å²) >= 11 is 0. The second-order valence-corrected chi connectivity index (χ2v) is 11.4. The molecule has 0 unspecified atom stereocenters. The van der Waals surface area contributed by atoms with Gasteiger partial charge in [-0.15, -0.1) is 0 Å². The van der Waals surface area contributed by atoms with E-state index in [-0.39, 0.29) is 24.0 Å². The van der Waals surface area contributed by atoms with Crippen LogP contribution in [0.25, 0.3) is 0 Å². The van der Waals surface area contributed by atoms with Crippen molar-refractivity contribution in [3.05, 3.63) is 60.2 Å². The predicted octanol–water partition coefficient (Wildman–Crippen LogP) is 4.06. The highest BCUT2D eigenvalue weighted by atomic mass is 32.2. The number of nitrogens with one attached hydrogen (secondary N) is 2. The largest absolute Gasteiger partial charge is 0.384 e. The lowest BCUT2D eigenvalue weighted by atomic mass is 10.0. The van der Waals surface area contributed by atoms with Gasteiger partial charge < -0.3 is 11.1 Å². The summed E-state index contributed by atoms with van der Waals surface area (Å²) in [6.45, 7) is 0.733. The van der Waals surface area contributed by atoms with Gasteiger partial charge in [-0.1, -0.05) is 56.0 Å². The number of amidine groups is 1. The van der Waals surface area contributed by atoms with Crippen LogP contribution in [0, 0.1) is 5.41 Å². The molecule has 188 valence electrons. The molecule has 1 aliphatic heterocycles. The minimum absolute atomic E-state index is 0.0277. The molecule has 4 rings (SSSR count). The molecule has 0 atom stereocenters. The molecule has 0 spiro atoms. The second kappa shape index (κ2) is 11.2. The average Bonchev–Trinajstić information content (AvgIpc) is 3.15. The summed E-state index contributed by atoms with van der Waals surface area (Å²) in [7, 11) is -3.53. The number of nitrogens with zero attached hydrogens (tertiary/aromatic N) is 2. The fourth-order valence-electron chi connectivity index (χ4n) is 5.06. The Labute approximate surface area is 208 Å². The monoisotopic (exact) mass is 497 g/mol. The van der Waals surface area contributed by atoms with Crippen LogP contribution in [0.5, 0.6) is 0 Å². The molecule has 1 aliphatic carbocycles. The fourth-order valence-corrected chi connectivity index (χ4v) is 6.55. The number of urea groups is 1. The molecular weight excluding hydrogens is 462 g/mol. The van der Waals surface area contributed by atoms with Crippen molar-refractivity contribution in [3.8, 4) is 0 Å². The molecule has 0 radical (unpaired) electrons. The van der Waals surface area contributed by atoms with Crippen LogP contribution in [-0.4, -0.2) is 49.8 Å². The van der Waals surface area contributed by atoms with Crippen LogP contribution in [-0.2, 0) is 10.0 Å². The van der Waals surface area contributed by atoms with E-state index in [1.165, 1.54) is 17.1 Å². The summed E-state index contributed by atoms with van der Waals surface area (Å²) < 4.78 is 27.4. The number of carbonyl (C=O) groups excluding carboxylic acids is 1. The van der Waals surface area contributed by atoms with Crippen LogP contribution < -0.4 is 16.0 Å². The molecule has 1 heterocycles. The Morgan fingerprint density at radius 1 is 0.943 bits per heavy atom. The Hall–Kier alpha value is -2.91. The van der Waals surface area contributed by atoms with E-state index in [0.717, 1.165) is 31.4 Å². The highest BCUT2D eigenvalue weighted by Crippen LogP contribution is 2.28. The van der Waals surface area contributed by atoms with Gasteiger partial charge in [0.1, 0.15) is 5.84 Å². The molecule has 1 saturated heterocycles. The number of sulfonamides is 1. The van der Waals surface area contributed by atoms with Crippen molar-refractivity contribution >= 4 is 27.6 Å². The van der Waals surface area contributed by atoms with Crippen LogP contribution in [0.1, 0.15) is 56.9 Å². The smallest absolute Gasteiger partial charge is 0.322 e. The number of benzene rings is 2. The van der Waals surface area contributed by atoms with E-state index < -0.39 is 10.0 Å². The molecular formula is C26H35N5O3S. The Bertz CT molecular complexity index is 1120. The SMILES string of the molecule is N=C(N)c1cccc(N(C(=O)NC2CCN(S(=O)(=O)c3ccccc3)CC2)C2CCCCCC2)c1. The third kappa shape index (κ3) is 6.02. The predicted molar refractivity (Wildman–Crippen MR) is 138 cm³/mol. The van der Waals surface area contributed by atoms with Crippen LogP contribution in [0.4, 0.5) is 10.5 Å². The van der Waals surface area contributed by atoms with E-state index in [9.17, 15) is 13.2 Å². The van der Waals surface area contributed by atoms with Gasteiger partial charge in [-0.3, -0.25) is 10.3 Å². The van der Waals surface area contributed by atoms with Crippen molar-refractivity contribution in [2.24, 2.45) is 5.73 Å². The third-order valence-corrected chi connectivity index (χ3v) is 8.92. The van der Waals surface area contributed by atoms with Gasteiger partial charge in [-0.05, 0) is 49.9 Å². The lowest BCUT2D eigenvalue weighted by molar-refractivity contribution is 0.230. The molecule has 35 heavy (non-hydrogen) atoms. The van der Waals surface area contributed by atoms with Crippen molar-refractivity contribution in [2.75, 3.05) is 18.0 Å². The van der Waals surface area contributed by atoms with E-state index in [4.69, 9.17) is 11.1 Å². The van der Waals surface area contributed by atoms with Crippen LogP contribution in [0.2, 0.25) is 0 Å². The molecule has 2 fully saturated rings. The standard InChI is InChI=1S/C26H35N5O3S/c27-25(28)20-9-8-12-23(19-20)31(22-10-4-1-2-5-11-22)26(32)29-21-15-17-30(18-16-21)35(33,34)24-13-6-3-7-14-24/h3,6-9,12-14,19,21-22H,1-2,4-5,10-11,15-18H2,(H3,27,28)(H,29,32). The Kier molecular flexibility index (Phi) is 8.07. The molecule has 0 bridgehead atoms. The van der Waals surface area contributed by atoms with Gasteiger partial charge in [-0.2, -0.15) is 4.31 Å². The molecule has 4 N–H and O–H groups in total. The zero-order chi connectivity index (χ0) is 24.8. The molecule has 0 aromatic heterocycles. The zero-order valence-electron chi connectivity index (χ0n) is 20.0. The first-order chi connectivity index (χ1) is 16.9. The molecule has 2 aliphatic rings. The summed E-state index contributed by atoms with van der Waals surface area (Å²) in [5.74, 6) is -0.0277. The maximum Gasteiger partial charge on any atom is 0.322 e. The lowest BCUT2D eigenvalue weighted by Gasteiger charge is -2.36. The highest BCUT2D eigenvalue weighted by Gasteiger charge is 2.32. The van der Waals surface area contributed by atoms with Crippen molar-refractivity contribution in [1.82, 2.24) is 9.62 Å². The molecule has 8 nitrogen and oxygen atoms in total. The first-order valence-electron chi connectivity index (χ1n) is 12.5. The Morgan fingerprint density at radius 2 is 1.60 bits per heavy atom. The van der Waals surface area contributed by atoms with Crippen LogP contribution in [0.15, 0.2) is 59.5 Å². The fraction of sp³-hybridized carbons (Fsp3) is 0.462. The van der Waals surface area contributed by atoms with Gasteiger partial charge >= 0.3 is 6.03 Å². The van der Waals surface area contributed by atoms with E-state index in [0.29, 0.717) is 36.4 Å². The van der Waals surface area contributed by atoms with E-state index in [1.54, 1.807) is 36.4 Å². The van der Waals surface area contributed by atoms with Crippen molar-refractivity contribution in [1.29, 1.82) is 5.41 Å². The number of nitrogen functional groups attached to an aromatic ring is 1. The summed E-state index contributed by atoms with van der Waals surface area (Å²) in [5, 5.41) is 11.0. The number of anilines is 1. The number of nitrogens with two attached hydrogens (primary N) is 1. The van der Waals surface area contributed by atoms with E-state index in [2.05, 4.69) is 5.32 Å². The average molecular weight is 498 g/mol. The number of hydrogen-bond donors (Lipinski definition) is 3. The summed E-state index contributed by atoms with van der Waals surface area (Å²) in [5.41, 5.74) is 7.05. The van der Waals surface area contributed by atoms with Gasteiger partial charge in [-0.25, -0.2) is 13.2 Å². The van der Waals surface area contributed by atoms with Crippen LogP contribution >= 0.6 is 0 Å². The van der Waals surface area contributed by atoms with Crippen LogP contribution in [0.3, 0.4) is 0 Å². The van der Waals surface area contributed by atoms with E-state index in [1.807, 2.05) is 23.1 Å². The zero-order valence-corrected chi connectivity index (χ0v) is 20.8. The maximum absolute atomic E-state index is 13.6. The lowest BCUT2D eigenvalue weighted by Crippen LogP contribution is -2.52. The highest BCUT2D eigenvalue weighted by molar-refractivity contribution is 7.89. The van der Waals surface area contributed by atoms with Gasteiger partial charge in [0.05, 0.1) is 4.90 Å². The number of rotatable bonds is 6. The molecule has 2 aromatic carbocycles. The number of carbonyl (C=O) groups is 1. The number of hydrogen-bond acceptors (Lipinski definition) is 4. The van der Waals surface area contributed by atoms with Crippen molar-refractivity contribution in [3.63, 3.8) is 0 Å². The number of amides is 2. The topological polar surface area (TPSA) is 120 Å². The van der Waals surface area contributed by atoms with E-state index >= 15 is 0 Å². The second-order valence-electron chi connectivity index (χ2n) is 9.42. The summed E-state index contributed by atoms with van der Waals surface area (Å²) in [6, 6.07) is 15.6. The molecule has 1 saturated carbocycles. The third-order valence-electron chi connectivity index (χ3n) is 7.01. The molecule has 9 heteroatoms. The number of piperidine rings is 1. The normalized spacial score (nSPS) is 18.5. The van der Waals surface area contributed by atoms with Crippen molar-refractivity contribution < 1.29 is 13.2 Å². The Balaban J connectivity index is 1.46. The summed E-state index contributed by atoms with van der Waals surface area (Å²) in [4.78, 5) is 15.7. The maximum atomic E-state index is 13.6. The minimum Gasteiger partial charge on any atom is -0.384 e. The quantitative estimate of drug-likeness (QED) is 0.317. The molecule has 2 amide bonds. The van der Waals surface area contributed by atoms with Crippen molar-refractivity contribution in [2.45, 2.75) is 68.3 Å². The van der Waals surface area contributed by atoms with Gasteiger partial charge in [0.25, 0.3) is 0 Å². The molecule has 2 aromatic rings. The summed E-state index contributed by atoms with van der Waals surface area (Å²) in [6.07, 6.45) is 7.50. The van der Waals surface area contributed by atoms with Gasteiger partial charge in [0.15, 0.2) is 0 Å². The van der Waals surface area contributed by atoms with Gasteiger partial charge in [0.2, 0.25) is 10.0 Å². The Morgan fingerprint density at radius 3 is 2.23 bits per heavy atom. The first-order valence-corrected chi connectivity index (χ1v) is 13.9. The minimum atomic E-state index is -3.53.